The van der Waals surface area contributed by atoms with E-state index in [2.05, 4.69) is 15.5 Å². The summed E-state index contributed by atoms with van der Waals surface area (Å²) in [6.45, 7) is 2.52. The Labute approximate surface area is 94.8 Å². The highest BCUT2D eigenvalue weighted by atomic mass is 16.1. The molecular formula is C12H15N3O. The third kappa shape index (κ3) is 3.15. The summed E-state index contributed by atoms with van der Waals surface area (Å²) in [5, 5.41) is 10.6. The van der Waals surface area contributed by atoms with Gasteiger partial charge in [0.25, 0.3) is 0 Å². The molecule has 1 amide bonds. The van der Waals surface area contributed by atoms with E-state index in [4.69, 9.17) is 0 Å². The lowest BCUT2D eigenvalue weighted by Gasteiger charge is -2.06. The molecule has 84 valence electrons. The van der Waals surface area contributed by atoms with E-state index in [1.165, 1.54) is 0 Å². The zero-order valence-electron chi connectivity index (χ0n) is 9.31. The van der Waals surface area contributed by atoms with Gasteiger partial charge >= 0.3 is 0 Å². The quantitative estimate of drug-likeness (QED) is 0.808. The summed E-state index contributed by atoms with van der Waals surface area (Å²) in [5.74, 6) is 0.0578. The number of carbonyl (C=O) groups excluding carboxylic acids is 1. The first-order valence-electron chi connectivity index (χ1n) is 5.43. The molecule has 1 aromatic carbocycles. The summed E-state index contributed by atoms with van der Waals surface area (Å²) in [5.41, 5.74) is 0.840. The van der Waals surface area contributed by atoms with Gasteiger partial charge in [-0.2, -0.15) is 10.2 Å². The van der Waals surface area contributed by atoms with Crippen LogP contribution in [0.5, 0.6) is 0 Å². The highest BCUT2D eigenvalue weighted by Crippen LogP contribution is 2.31. The highest BCUT2D eigenvalue weighted by Gasteiger charge is 2.33. The Kier molecular flexibility index (Phi) is 2.99. The maximum atomic E-state index is 11.5. The molecule has 1 aliphatic heterocycles. The molecule has 1 aliphatic rings. The highest BCUT2D eigenvalue weighted by molar-refractivity contribution is 5.75. The van der Waals surface area contributed by atoms with Gasteiger partial charge in [-0.1, -0.05) is 30.3 Å². The van der Waals surface area contributed by atoms with Crippen molar-refractivity contribution in [1.82, 2.24) is 5.32 Å². The van der Waals surface area contributed by atoms with E-state index in [1.807, 2.05) is 37.3 Å². The van der Waals surface area contributed by atoms with Crippen molar-refractivity contribution in [2.45, 2.75) is 32.0 Å². The number of carbonyl (C=O) groups is 1. The van der Waals surface area contributed by atoms with Gasteiger partial charge in [0.05, 0.1) is 0 Å². The van der Waals surface area contributed by atoms with Crippen LogP contribution in [0.3, 0.4) is 0 Å². The van der Waals surface area contributed by atoms with E-state index in [0.717, 1.165) is 5.56 Å². The monoisotopic (exact) mass is 217 g/mol. The summed E-state index contributed by atoms with van der Waals surface area (Å²) in [4.78, 5) is 11.5. The van der Waals surface area contributed by atoms with E-state index >= 15 is 0 Å². The van der Waals surface area contributed by atoms with Gasteiger partial charge in [0, 0.05) is 19.4 Å². The van der Waals surface area contributed by atoms with Gasteiger partial charge in [-0.15, -0.1) is 0 Å². The molecule has 0 aromatic heterocycles. The van der Waals surface area contributed by atoms with E-state index in [1.54, 1.807) is 0 Å². The van der Waals surface area contributed by atoms with Crippen molar-refractivity contribution in [1.29, 1.82) is 0 Å². The number of nitrogens with one attached hydrogen (secondary N) is 1. The number of rotatable bonds is 5. The maximum absolute atomic E-state index is 11.5. The molecule has 2 rings (SSSR count). The van der Waals surface area contributed by atoms with Gasteiger partial charge in [-0.25, -0.2) is 0 Å². The fourth-order valence-corrected chi connectivity index (χ4v) is 1.42. The van der Waals surface area contributed by atoms with Gasteiger partial charge in [0.1, 0.15) is 0 Å². The van der Waals surface area contributed by atoms with Gasteiger partial charge < -0.3 is 5.32 Å². The average Bonchev–Trinajstić information content (AvgIpc) is 3.04. The molecule has 0 saturated heterocycles. The zero-order chi connectivity index (χ0) is 11.4. The second kappa shape index (κ2) is 4.43. The van der Waals surface area contributed by atoms with E-state index in [9.17, 15) is 4.79 Å². The predicted octanol–water partition coefficient (Wildman–Crippen LogP) is 2.27. The Morgan fingerprint density at radius 3 is 2.62 bits per heavy atom. The molecule has 0 fully saturated rings. The summed E-state index contributed by atoms with van der Waals surface area (Å²) in [6, 6.07) is 9.87. The van der Waals surface area contributed by atoms with Crippen molar-refractivity contribution >= 4 is 5.91 Å². The second-order valence-corrected chi connectivity index (χ2v) is 4.18. The van der Waals surface area contributed by atoms with Crippen molar-refractivity contribution in [2.75, 3.05) is 0 Å². The summed E-state index contributed by atoms with van der Waals surface area (Å²) >= 11 is 0. The minimum Gasteiger partial charge on any atom is -0.352 e. The van der Waals surface area contributed by atoms with Crippen LogP contribution in [-0.2, 0) is 11.3 Å². The molecule has 1 heterocycles. The molecule has 1 aromatic rings. The maximum Gasteiger partial charge on any atom is 0.220 e. The van der Waals surface area contributed by atoms with Crippen LogP contribution in [0.1, 0.15) is 25.3 Å². The molecule has 4 nitrogen and oxygen atoms in total. The van der Waals surface area contributed by atoms with E-state index in [0.29, 0.717) is 19.4 Å². The average molecular weight is 217 g/mol. The van der Waals surface area contributed by atoms with Crippen molar-refractivity contribution in [2.24, 2.45) is 10.2 Å². The normalized spacial score (nSPS) is 15.8. The van der Waals surface area contributed by atoms with Gasteiger partial charge in [0.15, 0.2) is 5.66 Å². The number of hydrogen-bond acceptors (Lipinski definition) is 3. The number of hydrogen-bond donors (Lipinski definition) is 1. The van der Waals surface area contributed by atoms with Crippen LogP contribution in [-0.4, -0.2) is 11.6 Å². The van der Waals surface area contributed by atoms with Crippen LogP contribution in [0.25, 0.3) is 0 Å². The third-order valence-corrected chi connectivity index (χ3v) is 2.60. The largest absolute Gasteiger partial charge is 0.352 e. The Bertz CT molecular complexity index is 394. The van der Waals surface area contributed by atoms with Crippen LogP contribution in [0.4, 0.5) is 0 Å². The number of nitrogens with zero attached hydrogens (tertiary/aromatic N) is 2. The Morgan fingerprint density at radius 2 is 2.00 bits per heavy atom. The number of benzene rings is 1. The zero-order valence-corrected chi connectivity index (χ0v) is 9.31. The van der Waals surface area contributed by atoms with E-state index < -0.39 is 0 Å². The fraction of sp³-hybridized carbons (Fsp3) is 0.417. The molecule has 1 N–H and O–H groups in total. The first-order chi connectivity index (χ1) is 7.68. The van der Waals surface area contributed by atoms with Crippen molar-refractivity contribution in [3.05, 3.63) is 35.9 Å². The number of amides is 1. The van der Waals surface area contributed by atoms with E-state index in [-0.39, 0.29) is 11.6 Å². The summed E-state index contributed by atoms with van der Waals surface area (Å²) in [7, 11) is 0. The summed E-state index contributed by atoms with van der Waals surface area (Å²) < 4.78 is 0. The van der Waals surface area contributed by atoms with Crippen LogP contribution in [0.15, 0.2) is 40.6 Å². The Hall–Kier alpha value is -1.71. The Balaban J connectivity index is 1.68. The molecule has 0 radical (unpaired) electrons. The smallest absolute Gasteiger partial charge is 0.220 e. The molecule has 0 bridgehead atoms. The van der Waals surface area contributed by atoms with Crippen LogP contribution >= 0.6 is 0 Å². The second-order valence-electron chi connectivity index (χ2n) is 4.18. The molecule has 16 heavy (non-hydrogen) atoms. The van der Waals surface area contributed by atoms with Gasteiger partial charge in [-0.05, 0) is 12.5 Å². The van der Waals surface area contributed by atoms with Crippen molar-refractivity contribution in [3.8, 4) is 0 Å². The molecule has 0 saturated carbocycles. The topological polar surface area (TPSA) is 53.8 Å². The first-order valence-corrected chi connectivity index (χ1v) is 5.43. The Morgan fingerprint density at radius 1 is 1.31 bits per heavy atom. The molecule has 0 unspecified atom stereocenters. The van der Waals surface area contributed by atoms with Crippen molar-refractivity contribution in [3.63, 3.8) is 0 Å². The fourth-order valence-electron chi connectivity index (χ4n) is 1.42. The minimum absolute atomic E-state index is 0.0578. The SMILES string of the molecule is CC1(CCC(=O)NCc2ccccc2)N=N1. The lowest BCUT2D eigenvalue weighted by Crippen LogP contribution is -2.24. The third-order valence-electron chi connectivity index (χ3n) is 2.60. The van der Waals surface area contributed by atoms with Crippen LogP contribution in [0, 0.1) is 0 Å². The first kappa shape index (κ1) is 10.8. The molecular weight excluding hydrogens is 202 g/mol. The van der Waals surface area contributed by atoms with Gasteiger partial charge in [-0.3, -0.25) is 4.79 Å². The van der Waals surface area contributed by atoms with Gasteiger partial charge in [0.2, 0.25) is 5.91 Å². The molecule has 0 spiro atoms. The van der Waals surface area contributed by atoms with Crippen molar-refractivity contribution < 1.29 is 4.79 Å². The van der Waals surface area contributed by atoms with Crippen LogP contribution < -0.4 is 5.32 Å². The predicted molar refractivity (Wildman–Crippen MR) is 60.8 cm³/mol. The molecule has 0 aliphatic carbocycles. The lowest BCUT2D eigenvalue weighted by molar-refractivity contribution is -0.121. The molecule has 0 atom stereocenters. The molecule has 4 heteroatoms. The summed E-state index contributed by atoms with van der Waals surface area (Å²) in [6.07, 6.45) is 1.18. The van der Waals surface area contributed by atoms with Crippen LogP contribution in [0.2, 0.25) is 0 Å². The standard InChI is InChI=1S/C12H15N3O/c1-12(14-15-12)8-7-11(16)13-9-10-5-3-2-4-6-10/h2-6H,7-9H2,1H3,(H,13,16). The minimum atomic E-state index is -0.274. The lowest BCUT2D eigenvalue weighted by atomic mass is 10.1.